The highest BCUT2D eigenvalue weighted by Gasteiger charge is 2.25. The first-order chi connectivity index (χ1) is 21.9. The van der Waals surface area contributed by atoms with Crippen molar-refractivity contribution in [2.75, 3.05) is 11.5 Å². The Labute approximate surface area is 265 Å². The molecule has 0 saturated heterocycles. The molecule has 0 aromatic heterocycles. The number of rotatable bonds is 6. The van der Waals surface area contributed by atoms with Crippen LogP contribution >= 0.6 is 0 Å². The van der Waals surface area contributed by atoms with E-state index in [0.29, 0.717) is 0 Å². The first-order valence-corrected chi connectivity index (χ1v) is 15.3. The molecule has 0 saturated carbocycles. The zero-order valence-corrected chi connectivity index (χ0v) is 25.0. The fraction of sp³-hybridized carbons (Fsp3) is 0.0476. The van der Waals surface area contributed by atoms with Gasteiger partial charge < -0.3 is 17.2 Å². The van der Waals surface area contributed by atoms with Crippen LogP contribution < -0.4 is 17.2 Å². The minimum absolute atomic E-state index is 0.513. The van der Waals surface area contributed by atoms with Gasteiger partial charge in [-0.15, -0.1) is 0 Å². The molecule has 6 N–H and O–H groups in total. The average Bonchev–Trinajstić information content (AvgIpc) is 3.10. The lowest BCUT2D eigenvalue weighted by Crippen LogP contribution is -2.34. The summed E-state index contributed by atoms with van der Waals surface area (Å²) in [6.07, 6.45) is 7.32. The number of hydrogen-bond donors (Lipinski definition) is 3. The smallest absolute Gasteiger partial charge is 0.0633 e. The van der Waals surface area contributed by atoms with Crippen molar-refractivity contribution in [3.8, 4) is 44.5 Å². The highest BCUT2D eigenvalue weighted by atomic mass is 14.7. The number of nitrogens with two attached hydrogens (primary N) is 3. The molecule has 1 unspecified atom stereocenters. The summed E-state index contributed by atoms with van der Waals surface area (Å²) in [6.45, 7) is 0. The predicted octanol–water partition coefficient (Wildman–Crippen LogP) is 9.72. The molecule has 0 radical (unpaired) electrons. The van der Waals surface area contributed by atoms with Crippen molar-refractivity contribution in [1.29, 1.82) is 0 Å². The van der Waals surface area contributed by atoms with Crippen LogP contribution in [0.2, 0.25) is 0 Å². The standard InChI is InChI=1S/C42H35N3/c43-40-18-14-31(15-19-40)29-6-10-33(11-7-29)36-26-37(34-12-8-30(9-13-34)32-16-20-41(44)21-17-32)28-38(27-36)35-22-24-42(45,25-23-35)39-4-2-1-3-5-39/h1-24,26-28H,25,43-45H2. The molecule has 6 aromatic rings. The molecule has 1 aliphatic carbocycles. The van der Waals surface area contributed by atoms with E-state index in [2.05, 4.69) is 121 Å². The molecule has 0 spiro atoms. The Kier molecular flexibility index (Phi) is 7.38. The van der Waals surface area contributed by atoms with E-state index in [4.69, 9.17) is 17.2 Å². The van der Waals surface area contributed by atoms with E-state index in [1.807, 2.05) is 42.5 Å². The van der Waals surface area contributed by atoms with Crippen LogP contribution in [0.5, 0.6) is 0 Å². The van der Waals surface area contributed by atoms with Crippen molar-refractivity contribution in [3.05, 3.63) is 175 Å². The van der Waals surface area contributed by atoms with Gasteiger partial charge in [-0.05, 0) is 110 Å². The van der Waals surface area contributed by atoms with E-state index in [0.717, 1.165) is 67.9 Å². The molecule has 3 heteroatoms. The van der Waals surface area contributed by atoms with Crippen molar-refractivity contribution in [2.45, 2.75) is 12.0 Å². The number of allylic oxidation sites excluding steroid dienone is 2. The van der Waals surface area contributed by atoms with Crippen molar-refractivity contribution in [1.82, 2.24) is 0 Å². The summed E-state index contributed by atoms with van der Waals surface area (Å²) in [5, 5.41) is 0. The Hall–Kier alpha value is -5.64. The van der Waals surface area contributed by atoms with E-state index < -0.39 is 5.54 Å². The monoisotopic (exact) mass is 581 g/mol. The minimum atomic E-state index is -0.513. The van der Waals surface area contributed by atoms with Crippen molar-refractivity contribution >= 4 is 16.9 Å². The molecule has 0 heterocycles. The van der Waals surface area contributed by atoms with Crippen molar-refractivity contribution < 1.29 is 0 Å². The molecule has 0 aliphatic heterocycles. The zero-order valence-electron chi connectivity index (χ0n) is 25.0. The second-order valence-electron chi connectivity index (χ2n) is 11.8. The maximum atomic E-state index is 6.86. The van der Waals surface area contributed by atoms with Gasteiger partial charge in [-0.2, -0.15) is 0 Å². The van der Waals surface area contributed by atoms with E-state index >= 15 is 0 Å². The quantitative estimate of drug-likeness (QED) is 0.171. The molecule has 0 bridgehead atoms. The van der Waals surface area contributed by atoms with Crippen molar-refractivity contribution in [2.24, 2.45) is 5.73 Å². The second-order valence-corrected chi connectivity index (χ2v) is 11.8. The van der Waals surface area contributed by atoms with Gasteiger partial charge in [0.15, 0.2) is 0 Å². The third-order valence-electron chi connectivity index (χ3n) is 8.72. The first kappa shape index (κ1) is 28.1. The number of anilines is 2. The average molecular weight is 582 g/mol. The molecule has 0 amide bonds. The van der Waals surface area contributed by atoms with Gasteiger partial charge in [0, 0.05) is 11.4 Å². The summed E-state index contributed by atoms with van der Waals surface area (Å²) in [4.78, 5) is 0. The minimum Gasteiger partial charge on any atom is -0.399 e. The molecule has 3 nitrogen and oxygen atoms in total. The van der Waals surface area contributed by atoms with Gasteiger partial charge in [-0.1, -0.05) is 121 Å². The van der Waals surface area contributed by atoms with Crippen molar-refractivity contribution in [3.63, 3.8) is 0 Å². The van der Waals surface area contributed by atoms with Gasteiger partial charge in [0.2, 0.25) is 0 Å². The molecule has 0 fully saturated rings. The second kappa shape index (κ2) is 11.8. The Bertz CT molecular complexity index is 1900. The normalized spacial score (nSPS) is 15.9. The van der Waals surface area contributed by atoms with Crippen LogP contribution in [0, 0.1) is 0 Å². The molecular formula is C42H35N3. The molecule has 1 aliphatic rings. The van der Waals surface area contributed by atoms with Gasteiger partial charge in [0.25, 0.3) is 0 Å². The summed E-state index contributed by atoms with van der Waals surface area (Å²) < 4.78 is 0. The summed E-state index contributed by atoms with van der Waals surface area (Å²) in [5.74, 6) is 0. The molecule has 7 rings (SSSR count). The zero-order chi connectivity index (χ0) is 30.8. The van der Waals surface area contributed by atoms with E-state index in [-0.39, 0.29) is 0 Å². The maximum absolute atomic E-state index is 6.86. The summed E-state index contributed by atoms with van der Waals surface area (Å²) in [5.41, 5.74) is 32.4. The SMILES string of the molecule is Nc1ccc(-c2ccc(-c3cc(C4=CCC(N)(c5ccccc5)C=C4)cc(-c4ccc(-c5ccc(N)cc5)cc4)c3)cc2)cc1. The van der Waals surface area contributed by atoms with Crippen LogP contribution in [0.25, 0.3) is 50.1 Å². The van der Waals surface area contributed by atoms with Crippen LogP contribution in [0.15, 0.2) is 164 Å². The van der Waals surface area contributed by atoms with Gasteiger partial charge in [0.1, 0.15) is 0 Å². The van der Waals surface area contributed by atoms with Gasteiger partial charge >= 0.3 is 0 Å². The van der Waals surface area contributed by atoms with Crippen LogP contribution in [-0.4, -0.2) is 0 Å². The lowest BCUT2D eigenvalue weighted by Gasteiger charge is -2.29. The molecule has 1 atom stereocenters. The van der Waals surface area contributed by atoms with Crippen LogP contribution in [-0.2, 0) is 5.54 Å². The summed E-state index contributed by atoms with van der Waals surface area (Å²) in [6, 6.07) is 50.7. The highest BCUT2D eigenvalue weighted by molar-refractivity contribution is 5.85. The van der Waals surface area contributed by atoms with E-state index in [1.165, 1.54) is 11.1 Å². The Morgan fingerprint density at radius 3 is 1.20 bits per heavy atom. The molecule has 45 heavy (non-hydrogen) atoms. The third-order valence-corrected chi connectivity index (χ3v) is 8.72. The molecule has 218 valence electrons. The number of hydrogen-bond acceptors (Lipinski definition) is 3. The first-order valence-electron chi connectivity index (χ1n) is 15.3. The predicted molar refractivity (Wildman–Crippen MR) is 191 cm³/mol. The Morgan fingerprint density at radius 1 is 0.422 bits per heavy atom. The van der Waals surface area contributed by atoms with Crippen LogP contribution in [0.4, 0.5) is 11.4 Å². The van der Waals surface area contributed by atoms with Gasteiger partial charge in [-0.25, -0.2) is 0 Å². The fourth-order valence-corrected chi connectivity index (χ4v) is 6.02. The maximum Gasteiger partial charge on any atom is 0.0633 e. The molecule has 6 aromatic carbocycles. The fourth-order valence-electron chi connectivity index (χ4n) is 6.02. The Balaban J connectivity index is 1.26. The summed E-state index contributed by atoms with van der Waals surface area (Å²) in [7, 11) is 0. The van der Waals surface area contributed by atoms with E-state index in [9.17, 15) is 0 Å². The Morgan fingerprint density at radius 2 is 0.800 bits per heavy atom. The van der Waals surface area contributed by atoms with Crippen LogP contribution in [0.3, 0.4) is 0 Å². The van der Waals surface area contributed by atoms with Gasteiger partial charge in [-0.3, -0.25) is 0 Å². The van der Waals surface area contributed by atoms with Gasteiger partial charge in [0.05, 0.1) is 5.54 Å². The summed E-state index contributed by atoms with van der Waals surface area (Å²) >= 11 is 0. The molecular weight excluding hydrogens is 546 g/mol. The van der Waals surface area contributed by atoms with Crippen LogP contribution in [0.1, 0.15) is 17.5 Å². The third kappa shape index (κ3) is 5.95. The topological polar surface area (TPSA) is 78.1 Å². The number of benzene rings is 6. The van der Waals surface area contributed by atoms with E-state index in [1.54, 1.807) is 0 Å². The lowest BCUT2D eigenvalue weighted by molar-refractivity contribution is 0.567. The largest absolute Gasteiger partial charge is 0.399 e. The highest BCUT2D eigenvalue weighted by Crippen LogP contribution is 2.37. The number of nitrogen functional groups attached to an aromatic ring is 2. The lowest BCUT2D eigenvalue weighted by atomic mass is 9.81.